The second-order valence-corrected chi connectivity index (χ2v) is 5.40. The Morgan fingerprint density at radius 1 is 1.11 bits per heavy atom. The van der Waals surface area contributed by atoms with Crippen molar-refractivity contribution in [1.29, 1.82) is 0 Å². The summed E-state index contributed by atoms with van der Waals surface area (Å²) >= 11 is 3.24. The summed E-state index contributed by atoms with van der Waals surface area (Å²) in [5.41, 5.74) is 1.31. The van der Waals surface area contributed by atoms with Crippen LogP contribution < -0.4 is 0 Å². The highest BCUT2D eigenvalue weighted by atomic mass is 79.9. The van der Waals surface area contributed by atoms with E-state index in [-0.39, 0.29) is 12.0 Å². The topological polar surface area (TPSA) is 20.2 Å². The van der Waals surface area contributed by atoms with Crippen LogP contribution in [0.1, 0.15) is 22.8 Å². The SMILES string of the molecule is Cc1ccc(C(O)Cc2cc(Br)ccc2F)c(F)c1. The van der Waals surface area contributed by atoms with E-state index in [1.807, 2.05) is 0 Å². The minimum Gasteiger partial charge on any atom is -0.388 e. The average molecular weight is 327 g/mol. The van der Waals surface area contributed by atoms with Crippen LogP contribution in [0.2, 0.25) is 0 Å². The predicted molar refractivity (Wildman–Crippen MR) is 73.9 cm³/mol. The molecule has 2 rings (SSSR count). The molecule has 0 bridgehead atoms. The van der Waals surface area contributed by atoms with Gasteiger partial charge < -0.3 is 5.11 Å². The van der Waals surface area contributed by atoms with E-state index in [2.05, 4.69) is 15.9 Å². The van der Waals surface area contributed by atoms with Gasteiger partial charge in [-0.3, -0.25) is 0 Å². The number of aliphatic hydroxyl groups is 1. The van der Waals surface area contributed by atoms with Gasteiger partial charge in [0.1, 0.15) is 11.6 Å². The fourth-order valence-electron chi connectivity index (χ4n) is 1.92. The zero-order valence-electron chi connectivity index (χ0n) is 10.3. The molecule has 2 aromatic rings. The van der Waals surface area contributed by atoms with E-state index in [0.29, 0.717) is 5.56 Å². The Kier molecular flexibility index (Phi) is 4.32. The highest BCUT2D eigenvalue weighted by Crippen LogP contribution is 2.25. The molecule has 4 heteroatoms. The van der Waals surface area contributed by atoms with E-state index in [1.54, 1.807) is 25.1 Å². The van der Waals surface area contributed by atoms with Crippen LogP contribution in [0.15, 0.2) is 40.9 Å². The molecule has 0 aromatic heterocycles. The minimum absolute atomic E-state index is 0.0330. The van der Waals surface area contributed by atoms with Gasteiger partial charge in [-0.2, -0.15) is 0 Å². The molecule has 2 aromatic carbocycles. The highest BCUT2D eigenvalue weighted by Gasteiger charge is 2.15. The molecule has 0 aliphatic carbocycles. The van der Waals surface area contributed by atoms with E-state index in [0.717, 1.165) is 10.0 Å². The highest BCUT2D eigenvalue weighted by molar-refractivity contribution is 9.10. The summed E-state index contributed by atoms with van der Waals surface area (Å²) in [5, 5.41) is 10.0. The number of halogens is 3. The van der Waals surface area contributed by atoms with Crippen LogP contribution in [0.3, 0.4) is 0 Å². The maximum absolute atomic E-state index is 13.7. The summed E-state index contributed by atoms with van der Waals surface area (Å²) in [6.45, 7) is 1.77. The molecule has 1 unspecified atom stereocenters. The van der Waals surface area contributed by atoms with Crippen LogP contribution in [-0.2, 0) is 6.42 Å². The van der Waals surface area contributed by atoms with Crippen molar-refractivity contribution < 1.29 is 13.9 Å². The smallest absolute Gasteiger partial charge is 0.129 e. The van der Waals surface area contributed by atoms with E-state index in [9.17, 15) is 13.9 Å². The number of hydrogen-bond acceptors (Lipinski definition) is 1. The molecule has 1 N–H and O–H groups in total. The molecule has 0 aliphatic heterocycles. The Bertz CT molecular complexity index is 599. The van der Waals surface area contributed by atoms with Gasteiger partial charge in [-0.05, 0) is 42.3 Å². The molecule has 0 fully saturated rings. The van der Waals surface area contributed by atoms with Crippen LogP contribution in [-0.4, -0.2) is 5.11 Å². The van der Waals surface area contributed by atoms with Gasteiger partial charge in [-0.1, -0.05) is 28.1 Å². The van der Waals surface area contributed by atoms with Gasteiger partial charge in [-0.25, -0.2) is 8.78 Å². The van der Waals surface area contributed by atoms with Crippen LogP contribution in [0.25, 0.3) is 0 Å². The van der Waals surface area contributed by atoms with Gasteiger partial charge in [0.25, 0.3) is 0 Å². The first-order valence-electron chi connectivity index (χ1n) is 5.85. The number of aryl methyl sites for hydroxylation is 1. The second kappa shape index (κ2) is 5.80. The molecule has 0 saturated heterocycles. The molecule has 0 amide bonds. The van der Waals surface area contributed by atoms with Crippen molar-refractivity contribution in [2.75, 3.05) is 0 Å². The number of hydrogen-bond donors (Lipinski definition) is 1. The largest absolute Gasteiger partial charge is 0.388 e. The monoisotopic (exact) mass is 326 g/mol. The lowest BCUT2D eigenvalue weighted by molar-refractivity contribution is 0.172. The fraction of sp³-hybridized carbons (Fsp3) is 0.200. The minimum atomic E-state index is -1.07. The maximum atomic E-state index is 13.7. The first kappa shape index (κ1) is 14.2. The Labute approximate surface area is 119 Å². The molecule has 0 aliphatic rings. The maximum Gasteiger partial charge on any atom is 0.129 e. The lowest BCUT2D eigenvalue weighted by Gasteiger charge is -2.13. The Balaban J connectivity index is 2.25. The van der Waals surface area contributed by atoms with Gasteiger partial charge in [0.2, 0.25) is 0 Å². The summed E-state index contributed by atoms with van der Waals surface area (Å²) in [6, 6.07) is 9.10. The fourth-order valence-corrected chi connectivity index (χ4v) is 2.33. The standard InChI is InChI=1S/C15H13BrF2O/c1-9-2-4-12(14(18)6-9)15(19)8-10-7-11(16)3-5-13(10)17/h2-7,15,19H,8H2,1H3. The van der Waals surface area contributed by atoms with Crippen LogP contribution in [0.5, 0.6) is 0 Å². The van der Waals surface area contributed by atoms with Gasteiger partial charge in [-0.15, -0.1) is 0 Å². The molecule has 0 spiro atoms. The zero-order chi connectivity index (χ0) is 14.0. The van der Waals surface area contributed by atoms with Crippen molar-refractivity contribution in [2.45, 2.75) is 19.4 Å². The van der Waals surface area contributed by atoms with Crippen LogP contribution in [0.4, 0.5) is 8.78 Å². The molecule has 100 valence electrons. The number of rotatable bonds is 3. The predicted octanol–water partition coefficient (Wildman–Crippen LogP) is 4.31. The van der Waals surface area contributed by atoms with Crippen molar-refractivity contribution >= 4 is 15.9 Å². The molecule has 1 atom stereocenters. The summed E-state index contributed by atoms with van der Waals surface area (Å²) in [4.78, 5) is 0. The lowest BCUT2D eigenvalue weighted by atomic mass is 9.99. The number of aliphatic hydroxyl groups excluding tert-OH is 1. The molecule has 0 heterocycles. The second-order valence-electron chi connectivity index (χ2n) is 4.48. The molecule has 1 nitrogen and oxygen atoms in total. The third-order valence-corrected chi connectivity index (χ3v) is 3.43. The molecule has 0 radical (unpaired) electrons. The Hall–Kier alpha value is -1.26. The van der Waals surface area contributed by atoms with E-state index in [1.165, 1.54) is 18.2 Å². The summed E-state index contributed by atoms with van der Waals surface area (Å²) in [5.74, 6) is -0.877. The first-order chi connectivity index (χ1) is 8.97. The molecule has 19 heavy (non-hydrogen) atoms. The number of benzene rings is 2. The van der Waals surface area contributed by atoms with Crippen molar-refractivity contribution in [3.63, 3.8) is 0 Å². The van der Waals surface area contributed by atoms with Gasteiger partial charge in [0.05, 0.1) is 6.10 Å². The van der Waals surface area contributed by atoms with Gasteiger partial charge in [0, 0.05) is 16.5 Å². The molecular formula is C15H13BrF2O. The third-order valence-electron chi connectivity index (χ3n) is 2.94. The summed E-state index contributed by atoms with van der Waals surface area (Å²) < 4.78 is 28.0. The first-order valence-corrected chi connectivity index (χ1v) is 6.64. The lowest BCUT2D eigenvalue weighted by Crippen LogP contribution is -2.06. The van der Waals surface area contributed by atoms with Gasteiger partial charge >= 0.3 is 0 Å². The summed E-state index contributed by atoms with van der Waals surface area (Å²) in [7, 11) is 0. The normalized spacial score (nSPS) is 12.5. The quantitative estimate of drug-likeness (QED) is 0.891. The van der Waals surface area contributed by atoms with Crippen molar-refractivity contribution in [2.24, 2.45) is 0 Å². The van der Waals surface area contributed by atoms with Gasteiger partial charge in [0.15, 0.2) is 0 Å². The Morgan fingerprint density at radius 3 is 2.53 bits per heavy atom. The van der Waals surface area contributed by atoms with E-state index >= 15 is 0 Å². The molecule has 0 saturated carbocycles. The summed E-state index contributed by atoms with van der Waals surface area (Å²) in [6.07, 6.45) is -1.03. The van der Waals surface area contributed by atoms with Crippen molar-refractivity contribution in [3.05, 3.63) is 69.2 Å². The molecular weight excluding hydrogens is 314 g/mol. The van der Waals surface area contributed by atoms with Crippen LogP contribution >= 0.6 is 15.9 Å². The van der Waals surface area contributed by atoms with Crippen molar-refractivity contribution in [1.82, 2.24) is 0 Å². The third kappa shape index (κ3) is 3.39. The van der Waals surface area contributed by atoms with Crippen LogP contribution in [0, 0.1) is 18.6 Å². The van der Waals surface area contributed by atoms with E-state index in [4.69, 9.17) is 0 Å². The Morgan fingerprint density at radius 2 is 1.84 bits per heavy atom. The average Bonchev–Trinajstić information content (AvgIpc) is 2.33. The zero-order valence-corrected chi connectivity index (χ0v) is 11.9. The van der Waals surface area contributed by atoms with Crippen molar-refractivity contribution in [3.8, 4) is 0 Å². The van der Waals surface area contributed by atoms with E-state index < -0.39 is 17.7 Å².